The molecule has 0 aliphatic heterocycles. The van der Waals surface area contributed by atoms with Gasteiger partial charge in [0.15, 0.2) is 11.4 Å². The highest BCUT2D eigenvalue weighted by molar-refractivity contribution is 5.95. The number of alkyl halides is 3. The summed E-state index contributed by atoms with van der Waals surface area (Å²) in [6.45, 7) is 0.198. The van der Waals surface area contributed by atoms with Gasteiger partial charge in [-0.1, -0.05) is 12.1 Å². The summed E-state index contributed by atoms with van der Waals surface area (Å²) in [7, 11) is 1.42. The maximum Gasteiger partial charge on any atom is 0.416 e. The lowest BCUT2D eigenvalue weighted by molar-refractivity contribution is -0.137. The molecule has 35 heavy (non-hydrogen) atoms. The number of rotatable bonds is 7. The molecule has 2 aromatic carbocycles. The second kappa shape index (κ2) is 9.75. The average Bonchev–Trinajstić information content (AvgIpc) is 3.36. The minimum Gasteiger partial charge on any atom is -0.467 e. The molecule has 4 aromatic rings. The van der Waals surface area contributed by atoms with Crippen molar-refractivity contribution in [3.8, 4) is 11.5 Å². The molecule has 4 rings (SSSR count). The van der Waals surface area contributed by atoms with E-state index in [1.54, 1.807) is 30.3 Å². The average molecular weight is 484 g/mol. The van der Waals surface area contributed by atoms with E-state index in [2.05, 4.69) is 15.7 Å². The van der Waals surface area contributed by atoms with E-state index in [4.69, 9.17) is 9.15 Å². The van der Waals surface area contributed by atoms with Crippen molar-refractivity contribution in [1.82, 2.24) is 15.1 Å². The smallest absolute Gasteiger partial charge is 0.416 e. The zero-order valence-electron chi connectivity index (χ0n) is 18.3. The van der Waals surface area contributed by atoms with E-state index >= 15 is 0 Å². The fraction of sp³-hybridized carbons (Fsp3) is 0.125. The number of furan rings is 1. The lowest BCUT2D eigenvalue weighted by Gasteiger charge is -2.14. The van der Waals surface area contributed by atoms with Crippen LogP contribution < -0.4 is 20.9 Å². The topological polar surface area (TPSA) is 98.4 Å². The molecule has 2 N–H and O–H groups in total. The van der Waals surface area contributed by atoms with E-state index < -0.39 is 17.3 Å². The maximum atomic E-state index is 13.1. The van der Waals surface area contributed by atoms with E-state index in [0.29, 0.717) is 17.0 Å². The first kappa shape index (κ1) is 23.6. The number of carbonyl (C=O) groups excluding carboxylic acids is 1. The molecule has 0 fully saturated rings. The van der Waals surface area contributed by atoms with E-state index in [1.807, 2.05) is 0 Å². The summed E-state index contributed by atoms with van der Waals surface area (Å²) >= 11 is 0. The first-order chi connectivity index (χ1) is 16.7. The zero-order chi connectivity index (χ0) is 25.0. The molecule has 0 atom stereocenters. The fourth-order valence-electron chi connectivity index (χ4n) is 3.14. The van der Waals surface area contributed by atoms with Crippen LogP contribution in [0.1, 0.15) is 21.7 Å². The van der Waals surface area contributed by atoms with Crippen LogP contribution in [0.3, 0.4) is 0 Å². The summed E-state index contributed by atoms with van der Waals surface area (Å²) < 4.78 is 51.0. The van der Waals surface area contributed by atoms with Gasteiger partial charge in [0.05, 0.1) is 24.6 Å². The normalized spacial score (nSPS) is 11.2. The minimum atomic E-state index is -4.55. The number of aromatic nitrogens is 2. The molecule has 1 amide bonds. The Morgan fingerprint density at radius 1 is 1.11 bits per heavy atom. The SMILES string of the molecule is Cn1ncc(Oc2cccc(C(F)(F)F)c2)c(Nc2cccc(C(=O)NCc3ccco3)c2)c1=O. The number of carbonyl (C=O) groups is 1. The molecule has 0 saturated heterocycles. The van der Waals surface area contributed by atoms with Gasteiger partial charge >= 0.3 is 6.18 Å². The van der Waals surface area contributed by atoms with E-state index in [0.717, 1.165) is 16.8 Å². The van der Waals surface area contributed by atoms with Crippen LogP contribution in [-0.4, -0.2) is 15.7 Å². The van der Waals surface area contributed by atoms with Crippen molar-refractivity contribution in [2.24, 2.45) is 7.05 Å². The lowest BCUT2D eigenvalue weighted by Crippen LogP contribution is -2.23. The summed E-state index contributed by atoms with van der Waals surface area (Å²) in [6, 6.07) is 14.1. The van der Waals surface area contributed by atoms with E-state index in [-0.39, 0.29) is 29.6 Å². The first-order valence-electron chi connectivity index (χ1n) is 10.3. The summed E-state index contributed by atoms with van der Waals surface area (Å²) in [5, 5.41) is 9.50. The van der Waals surface area contributed by atoms with Crippen LogP contribution >= 0.6 is 0 Å². The summed E-state index contributed by atoms with van der Waals surface area (Å²) in [4.78, 5) is 25.3. The Morgan fingerprint density at radius 2 is 1.91 bits per heavy atom. The summed E-state index contributed by atoms with van der Waals surface area (Å²) in [5.41, 5.74) is -0.842. The molecule has 0 radical (unpaired) electrons. The second-order valence-electron chi connectivity index (χ2n) is 7.41. The van der Waals surface area contributed by atoms with Crippen molar-refractivity contribution in [1.29, 1.82) is 0 Å². The Kier molecular flexibility index (Phi) is 6.58. The third-order valence-electron chi connectivity index (χ3n) is 4.89. The van der Waals surface area contributed by atoms with Crippen LogP contribution in [0.2, 0.25) is 0 Å². The van der Waals surface area contributed by atoms with Crippen LogP contribution in [0.5, 0.6) is 11.5 Å². The third-order valence-corrected chi connectivity index (χ3v) is 4.89. The number of anilines is 2. The van der Waals surface area contributed by atoms with Crippen molar-refractivity contribution < 1.29 is 27.1 Å². The number of aryl methyl sites for hydroxylation is 1. The van der Waals surface area contributed by atoms with Gasteiger partial charge in [0.25, 0.3) is 11.5 Å². The van der Waals surface area contributed by atoms with Crippen molar-refractivity contribution in [3.63, 3.8) is 0 Å². The molecule has 0 saturated carbocycles. The molecule has 2 aromatic heterocycles. The molecule has 0 unspecified atom stereocenters. The molecular weight excluding hydrogens is 465 g/mol. The van der Waals surface area contributed by atoms with Gasteiger partial charge in [0.1, 0.15) is 11.5 Å². The van der Waals surface area contributed by atoms with Crippen LogP contribution in [-0.2, 0) is 19.8 Å². The number of halogens is 3. The Bertz CT molecular complexity index is 1400. The summed E-state index contributed by atoms with van der Waals surface area (Å²) in [6.07, 6.45) is -1.84. The number of nitrogens with zero attached hydrogens (tertiary/aromatic N) is 2. The first-order valence-corrected chi connectivity index (χ1v) is 10.3. The van der Waals surface area contributed by atoms with Gasteiger partial charge < -0.3 is 19.8 Å². The van der Waals surface area contributed by atoms with Crippen molar-refractivity contribution in [2.45, 2.75) is 12.7 Å². The molecular formula is C24H19F3N4O4. The standard InChI is InChI=1S/C24H19F3N4O4/c1-31-23(33)21(20(14-29-31)35-18-8-3-6-16(12-18)24(25,26)27)30-17-7-2-5-15(11-17)22(32)28-13-19-9-4-10-34-19/h2-12,14,30H,13H2,1H3,(H,28,32). The maximum absolute atomic E-state index is 13.1. The quantitative estimate of drug-likeness (QED) is 0.389. The van der Waals surface area contributed by atoms with Gasteiger partial charge in [0.2, 0.25) is 0 Å². The number of nitrogens with one attached hydrogen (secondary N) is 2. The summed E-state index contributed by atoms with van der Waals surface area (Å²) in [5.74, 6) is 0.0153. The van der Waals surface area contributed by atoms with Crippen LogP contribution in [0.4, 0.5) is 24.5 Å². The molecule has 0 aliphatic carbocycles. The zero-order valence-corrected chi connectivity index (χ0v) is 18.3. The number of amides is 1. The molecule has 0 spiro atoms. The number of ether oxygens (including phenoxy) is 1. The molecule has 0 bridgehead atoms. The third kappa shape index (κ3) is 5.69. The van der Waals surface area contributed by atoms with E-state index in [1.165, 1.54) is 37.7 Å². The number of hydrogen-bond donors (Lipinski definition) is 2. The largest absolute Gasteiger partial charge is 0.467 e. The van der Waals surface area contributed by atoms with Gasteiger partial charge in [0, 0.05) is 18.3 Å². The highest BCUT2D eigenvalue weighted by atomic mass is 19.4. The number of hydrogen-bond acceptors (Lipinski definition) is 6. The highest BCUT2D eigenvalue weighted by Gasteiger charge is 2.30. The van der Waals surface area contributed by atoms with Crippen LogP contribution in [0, 0.1) is 0 Å². The molecule has 0 aliphatic rings. The van der Waals surface area contributed by atoms with Gasteiger partial charge in [-0.15, -0.1) is 0 Å². The second-order valence-corrected chi connectivity index (χ2v) is 7.41. The van der Waals surface area contributed by atoms with Crippen LogP contribution in [0.15, 0.2) is 82.3 Å². The number of benzene rings is 2. The Morgan fingerprint density at radius 3 is 2.66 bits per heavy atom. The van der Waals surface area contributed by atoms with Crippen molar-refractivity contribution in [3.05, 3.63) is 100 Å². The predicted octanol–water partition coefficient (Wildman–Crippen LogP) is 4.86. The van der Waals surface area contributed by atoms with Gasteiger partial charge in [-0.05, 0) is 48.5 Å². The van der Waals surface area contributed by atoms with Crippen molar-refractivity contribution >= 4 is 17.3 Å². The minimum absolute atomic E-state index is 0.0620. The monoisotopic (exact) mass is 484 g/mol. The van der Waals surface area contributed by atoms with Crippen molar-refractivity contribution in [2.75, 3.05) is 5.32 Å². The molecule has 8 nitrogen and oxygen atoms in total. The van der Waals surface area contributed by atoms with Crippen LogP contribution in [0.25, 0.3) is 0 Å². The molecule has 2 heterocycles. The molecule has 11 heteroatoms. The van der Waals surface area contributed by atoms with Gasteiger partial charge in [-0.3, -0.25) is 9.59 Å². The lowest BCUT2D eigenvalue weighted by atomic mass is 10.2. The Labute approximate surface area is 197 Å². The van der Waals surface area contributed by atoms with Gasteiger partial charge in [-0.25, -0.2) is 4.68 Å². The van der Waals surface area contributed by atoms with E-state index in [9.17, 15) is 22.8 Å². The van der Waals surface area contributed by atoms with Gasteiger partial charge in [-0.2, -0.15) is 18.3 Å². The predicted molar refractivity (Wildman–Crippen MR) is 121 cm³/mol. The fourth-order valence-corrected chi connectivity index (χ4v) is 3.14. The Hall–Kier alpha value is -4.54. The molecule has 180 valence electrons. The highest BCUT2D eigenvalue weighted by Crippen LogP contribution is 2.34. The Balaban J connectivity index is 1.58.